The molecule has 17 heavy (non-hydrogen) atoms. The number of rotatable bonds is 4. The Morgan fingerprint density at radius 3 is 2.53 bits per heavy atom. The molecule has 0 aliphatic heterocycles. The van der Waals surface area contributed by atoms with Crippen molar-refractivity contribution in [2.45, 2.75) is 0 Å². The Morgan fingerprint density at radius 1 is 1.24 bits per heavy atom. The minimum Gasteiger partial charge on any atom is -0.367 e. The van der Waals surface area contributed by atoms with E-state index in [0.29, 0.717) is 6.54 Å². The number of nitrogens with zero attached hydrogens (tertiary/aromatic N) is 2. The van der Waals surface area contributed by atoms with Crippen LogP contribution in [0, 0.1) is 0 Å². The van der Waals surface area contributed by atoms with Crippen LogP contribution in [0.25, 0.3) is 0 Å². The molecule has 1 aromatic carbocycles. The highest BCUT2D eigenvalue weighted by Gasteiger charge is 2.10. The average Bonchev–Trinajstić information content (AvgIpc) is 2.77. The number of Topliss-reactive ketones (excluding diaryl/α,β-unsaturated/α-hetero) is 1. The molecule has 0 fully saturated rings. The van der Waals surface area contributed by atoms with Gasteiger partial charge in [-0.15, -0.1) is 0 Å². The number of benzene rings is 1. The maximum atomic E-state index is 12.0. The predicted octanol–water partition coefficient (Wildman–Crippen LogP) is 2.34. The van der Waals surface area contributed by atoms with E-state index < -0.39 is 0 Å². The summed E-state index contributed by atoms with van der Waals surface area (Å²) in [5, 5.41) is 0. The lowest BCUT2D eigenvalue weighted by Crippen LogP contribution is -2.25. The van der Waals surface area contributed by atoms with Gasteiger partial charge in [0.1, 0.15) is 0 Å². The first-order valence-electron chi connectivity index (χ1n) is 5.58. The van der Waals surface area contributed by atoms with Crippen LogP contribution in [0.5, 0.6) is 0 Å². The molecule has 2 aromatic rings. The first kappa shape index (κ1) is 11.5. The Bertz CT molecular complexity index is 502. The molecule has 2 rings (SSSR count). The maximum Gasteiger partial charge on any atom is 0.183 e. The fourth-order valence-electron chi connectivity index (χ4n) is 1.75. The molecule has 88 valence electrons. The minimum absolute atomic E-state index is 0.136. The van der Waals surface area contributed by atoms with E-state index in [9.17, 15) is 4.79 Å². The first-order valence-corrected chi connectivity index (χ1v) is 5.58. The Balaban J connectivity index is 2.04. The molecule has 0 spiro atoms. The van der Waals surface area contributed by atoms with Crippen LogP contribution in [0.1, 0.15) is 10.4 Å². The van der Waals surface area contributed by atoms with Crippen molar-refractivity contribution in [1.29, 1.82) is 0 Å². The van der Waals surface area contributed by atoms with Crippen molar-refractivity contribution in [2.75, 3.05) is 18.5 Å². The van der Waals surface area contributed by atoms with E-state index in [4.69, 9.17) is 0 Å². The van der Waals surface area contributed by atoms with Gasteiger partial charge in [0.25, 0.3) is 0 Å². The Kier molecular flexibility index (Phi) is 3.28. The van der Waals surface area contributed by atoms with Gasteiger partial charge in [0.2, 0.25) is 0 Å². The van der Waals surface area contributed by atoms with Gasteiger partial charge in [-0.1, -0.05) is 18.2 Å². The van der Waals surface area contributed by atoms with Crippen molar-refractivity contribution in [3.8, 4) is 0 Å². The Labute approximate surface area is 101 Å². The number of carbonyl (C=O) groups is 1. The number of aryl methyl sites for hydroxylation is 1. The molecule has 0 amide bonds. The predicted molar refractivity (Wildman–Crippen MR) is 69.5 cm³/mol. The van der Waals surface area contributed by atoms with Crippen molar-refractivity contribution in [3.05, 3.63) is 54.4 Å². The molecule has 1 aromatic heterocycles. The zero-order chi connectivity index (χ0) is 12.3. The van der Waals surface area contributed by atoms with Gasteiger partial charge < -0.3 is 9.47 Å². The van der Waals surface area contributed by atoms with Crippen molar-refractivity contribution in [3.63, 3.8) is 0 Å². The molecule has 0 aliphatic carbocycles. The lowest BCUT2D eigenvalue weighted by atomic mass is 10.2. The SMILES string of the molecule is CN(CC(=O)c1ccn(C)c1)c1ccccc1. The first-order chi connectivity index (χ1) is 8.16. The van der Waals surface area contributed by atoms with Crippen molar-refractivity contribution in [2.24, 2.45) is 7.05 Å². The second kappa shape index (κ2) is 4.87. The quantitative estimate of drug-likeness (QED) is 0.750. The minimum atomic E-state index is 0.136. The summed E-state index contributed by atoms with van der Waals surface area (Å²) >= 11 is 0. The van der Waals surface area contributed by atoms with E-state index >= 15 is 0 Å². The standard InChI is InChI=1S/C14H16N2O/c1-15-9-8-12(10-15)14(17)11-16(2)13-6-4-3-5-7-13/h3-10H,11H2,1-2H3. The molecule has 0 bridgehead atoms. The van der Waals surface area contributed by atoms with Crippen molar-refractivity contribution in [1.82, 2.24) is 4.57 Å². The van der Waals surface area contributed by atoms with Crippen LogP contribution >= 0.6 is 0 Å². The highest BCUT2D eigenvalue weighted by molar-refractivity contribution is 5.99. The van der Waals surface area contributed by atoms with Crippen LogP contribution in [-0.4, -0.2) is 23.9 Å². The molecule has 0 radical (unpaired) electrons. The highest BCUT2D eigenvalue weighted by atomic mass is 16.1. The number of hydrogen-bond donors (Lipinski definition) is 0. The molecular weight excluding hydrogens is 212 g/mol. The zero-order valence-electron chi connectivity index (χ0n) is 10.1. The Hall–Kier alpha value is -2.03. The van der Waals surface area contributed by atoms with E-state index in [2.05, 4.69) is 0 Å². The third kappa shape index (κ3) is 2.75. The summed E-state index contributed by atoms with van der Waals surface area (Å²) in [6.07, 6.45) is 3.73. The van der Waals surface area contributed by atoms with Crippen LogP contribution in [-0.2, 0) is 7.05 Å². The van der Waals surface area contributed by atoms with Crippen molar-refractivity contribution < 1.29 is 4.79 Å². The largest absolute Gasteiger partial charge is 0.367 e. The fraction of sp³-hybridized carbons (Fsp3) is 0.214. The number of hydrogen-bond acceptors (Lipinski definition) is 2. The topological polar surface area (TPSA) is 25.2 Å². The van der Waals surface area contributed by atoms with E-state index in [0.717, 1.165) is 11.3 Å². The summed E-state index contributed by atoms with van der Waals surface area (Å²) in [5.41, 5.74) is 1.81. The summed E-state index contributed by atoms with van der Waals surface area (Å²) in [7, 11) is 3.84. The monoisotopic (exact) mass is 228 g/mol. The molecular formula is C14H16N2O. The molecule has 3 heteroatoms. The molecule has 0 atom stereocenters. The number of aromatic nitrogens is 1. The van der Waals surface area contributed by atoms with Gasteiger partial charge in [-0.3, -0.25) is 4.79 Å². The van der Waals surface area contributed by atoms with Gasteiger partial charge in [-0.2, -0.15) is 0 Å². The van der Waals surface area contributed by atoms with Crippen LogP contribution < -0.4 is 4.90 Å². The lowest BCUT2D eigenvalue weighted by Gasteiger charge is -2.17. The number of ketones is 1. The normalized spacial score (nSPS) is 10.2. The third-order valence-electron chi connectivity index (χ3n) is 2.73. The number of para-hydroxylation sites is 1. The van der Waals surface area contributed by atoms with Gasteiger partial charge in [0.05, 0.1) is 6.54 Å². The summed E-state index contributed by atoms with van der Waals surface area (Å²) < 4.78 is 1.88. The second-order valence-electron chi connectivity index (χ2n) is 4.18. The van der Waals surface area contributed by atoms with Gasteiger partial charge in [0, 0.05) is 37.7 Å². The zero-order valence-corrected chi connectivity index (χ0v) is 10.1. The lowest BCUT2D eigenvalue weighted by molar-refractivity contribution is 0.100. The molecule has 1 heterocycles. The van der Waals surface area contributed by atoms with Crippen LogP contribution in [0.4, 0.5) is 5.69 Å². The smallest absolute Gasteiger partial charge is 0.183 e. The molecule has 0 unspecified atom stereocenters. The molecule has 0 N–H and O–H groups in total. The van der Waals surface area contributed by atoms with Crippen LogP contribution in [0.3, 0.4) is 0 Å². The summed E-state index contributed by atoms with van der Waals surface area (Å²) in [6, 6.07) is 11.8. The summed E-state index contributed by atoms with van der Waals surface area (Å²) in [4.78, 5) is 13.9. The van der Waals surface area contributed by atoms with Crippen LogP contribution in [0.15, 0.2) is 48.8 Å². The van der Waals surface area contributed by atoms with E-state index in [1.807, 2.05) is 72.4 Å². The van der Waals surface area contributed by atoms with E-state index in [1.54, 1.807) is 0 Å². The maximum absolute atomic E-state index is 12.0. The molecule has 0 saturated carbocycles. The molecule has 0 aliphatic rings. The van der Waals surface area contributed by atoms with E-state index in [1.165, 1.54) is 0 Å². The van der Waals surface area contributed by atoms with Gasteiger partial charge in [0.15, 0.2) is 5.78 Å². The van der Waals surface area contributed by atoms with E-state index in [-0.39, 0.29) is 5.78 Å². The van der Waals surface area contributed by atoms with Gasteiger partial charge in [-0.25, -0.2) is 0 Å². The van der Waals surface area contributed by atoms with Crippen LogP contribution in [0.2, 0.25) is 0 Å². The summed E-state index contributed by atoms with van der Waals surface area (Å²) in [5.74, 6) is 0.136. The summed E-state index contributed by atoms with van der Waals surface area (Å²) in [6.45, 7) is 0.397. The Morgan fingerprint density at radius 2 is 1.94 bits per heavy atom. The number of carbonyl (C=O) groups excluding carboxylic acids is 1. The third-order valence-corrected chi connectivity index (χ3v) is 2.73. The van der Waals surface area contributed by atoms with Gasteiger partial charge in [-0.05, 0) is 18.2 Å². The fourth-order valence-corrected chi connectivity index (χ4v) is 1.75. The average molecular weight is 228 g/mol. The number of likely N-dealkylation sites (N-methyl/N-ethyl adjacent to an activating group) is 1. The molecule has 0 saturated heterocycles. The molecule has 3 nitrogen and oxygen atoms in total. The van der Waals surface area contributed by atoms with Crippen molar-refractivity contribution >= 4 is 11.5 Å². The van der Waals surface area contributed by atoms with Gasteiger partial charge >= 0.3 is 0 Å². The highest BCUT2D eigenvalue weighted by Crippen LogP contribution is 2.12. The second-order valence-corrected chi connectivity index (χ2v) is 4.18. The number of anilines is 1.